The molecule has 0 saturated carbocycles. The molecule has 0 amide bonds. The summed E-state index contributed by atoms with van der Waals surface area (Å²) in [6.07, 6.45) is 7.12. The van der Waals surface area contributed by atoms with Crippen molar-refractivity contribution in [3.63, 3.8) is 0 Å². The third-order valence-electron chi connectivity index (χ3n) is 5.93. The van der Waals surface area contributed by atoms with Crippen LogP contribution >= 0.6 is 0 Å². The maximum atomic E-state index is 12.8. The normalized spacial score (nSPS) is 12.9. The number of rotatable bonds is 14. The van der Waals surface area contributed by atoms with Gasteiger partial charge < -0.3 is 9.47 Å². The van der Waals surface area contributed by atoms with E-state index >= 15 is 0 Å². The van der Waals surface area contributed by atoms with Crippen LogP contribution in [-0.2, 0) is 22.3 Å². The zero-order valence-electron chi connectivity index (χ0n) is 21.6. The van der Waals surface area contributed by atoms with Crippen LogP contribution in [0.2, 0.25) is 0 Å². The fraction of sp³-hybridized carbons (Fsp3) is 0.533. The fourth-order valence-corrected chi connectivity index (χ4v) is 3.98. The van der Waals surface area contributed by atoms with Gasteiger partial charge in [0.2, 0.25) is 0 Å². The van der Waals surface area contributed by atoms with Crippen LogP contribution in [0.4, 0.5) is 0 Å². The van der Waals surface area contributed by atoms with Crippen LogP contribution in [0.25, 0.3) is 0 Å². The molecule has 186 valence electrons. The van der Waals surface area contributed by atoms with Gasteiger partial charge in [-0.25, -0.2) is 9.59 Å². The summed E-state index contributed by atoms with van der Waals surface area (Å²) in [5, 5.41) is 0. The van der Waals surface area contributed by atoms with Gasteiger partial charge in [0.15, 0.2) is 0 Å². The Morgan fingerprint density at radius 2 is 1.12 bits per heavy atom. The van der Waals surface area contributed by atoms with Crippen molar-refractivity contribution in [3.05, 3.63) is 70.8 Å². The fourth-order valence-electron chi connectivity index (χ4n) is 3.98. The minimum Gasteiger partial charge on any atom is -0.459 e. The SMILES string of the molecule is CCCCc1ccc(C(=O)OC(C)CC(CC(C)C)OC(=O)c2ccc(CCCC)cc2)cc1. The number of aryl methyl sites for hydroxylation is 2. The summed E-state index contributed by atoms with van der Waals surface area (Å²) in [4.78, 5) is 25.4. The molecular formula is C30H42O4. The third-order valence-corrected chi connectivity index (χ3v) is 5.93. The van der Waals surface area contributed by atoms with Crippen LogP contribution in [0.5, 0.6) is 0 Å². The quantitative estimate of drug-likeness (QED) is 0.269. The Labute approximate surface area is 206 Å². The highest BCUT2D eigenvalue weighted by Gasteiger charge is 2.22. The monoisotopic (exact) mass is 466 g/mol. The van der Waals surface area contributed by atoms with Gasteiger partial charge in [0, 0.05) is 6.42 Å². The highest BCUT2D eigenvalue weighted by Crippen LogP contribution is 2.19. The molecular weight excluding hydrogens is 424 g/mol. The Hall–Kier alpha value is -2.62. The summed E-state index contributed by atoms with van der Waals surface area (Å²) in [5.41, 5.74) is 3.57. The summed E-state index contributed by atoms with van der Waals surface area (Å²) < 4.78 is 11.5. The molecule has 0 fully saturated rings. The number of benzene rings is 2. The molecule has 0 saturated heterocycles. The molecule has 0 aliphatic carbocycles. The molecule has 0 spiro atoms. The van der Waals surface area contributed by atoms with Gasteiger partial charge in [0.25, 0.3) is 0 Å². The molecule has 0 bridgehead atoms. The van der Waals surface area contributed by atoms with E-state index in [-0.39, 0.29) is 24.1 Å². The van der Waals surface area contributed by atoms with E-state index in [2.05, 4.69) is 27.7 Å². The molecule has 2 rings (SSSR count). The molecule has 34 heavy (non-hydrogen) atoms. The van der Waals surface area contributed by atoms with E-state index in [1.54, 1.807) is 0 Å². The lowest BCUT2D eigenvalue weighted by atomic mass is 10.0. The first-order valence-corrected chi connectivity index (χ1v) is 12.9. The largest absolute Gasteiger partial charge is 0.459 e. The maximum absolute atomic E-state index is 12.8. The van der Waals surface area contributed by atoms with Crippen LogP contribution in [0.3, 0.4) is 0 Å². The van der Waals surface area contributed by atoms with Crippen LogP contribution < -0.4 is 0 Å². The second-order valence-electron chi connectivity index (χ2n) is 9.71. The van der Waals surface area contributed by atoms with E-state index in [0.29, 0.717) is 29.9 Å². The van der Waals surface area contributed by atoms with Crippen LogP contribution in [-0.4, -0.2) is 24.1 Å². The first-order valence-electron chi connectivity index (χ1n) is 12.9. The molecule has 2 unspecified atom stereocenters. The Morgan fingerprint density at radius 1 is 0.676 bits per heavy atom. The van der Waals surface area contributed by atoms with E-state index in [4.69, 9.17) is 9.47 Å². The average Bonchev–Trinajstić information content (AvgIpc) is 2.81. The minimum absolute atomic E-state index is 0.313. The Bertz CT molecular complexity index is 868. The molecule has 2 aromatic carbocycles. The summed E-state index contributed by atoms with van der Waals surface area (Å²) >= 11 is 0. The zero-order chi connectivity index (χ0) is 24.9. The standard InChI is InChI=1S/C30H42O4/c1-6-8-10-24-12-16-26(17-13-24)29(31)33-23(5)21-28(20-22(3)4)34-30(32)27-18-14-25(15-19-27)11-9-7-2/h12-19,22-23,28H,6-11,20-21H2,1-5H3. The van der Waals surface area contributed by atoms with E-state index < -0.39 is 0 Å². The van der Waals surface area contributed by atoms with Gasteiger partial charge in [0.05, 0.1) is 11.1 Å². The van der Waals surface area contributed by atoms with Crippen molar-refractivity contribution in [3.8, 4) is 0 Å². The summed E-state index contributed by atoms with van der Waals surface area (Å²) in [6, 6.07) is 15.3. The van der Waals surface area contributed by atoms with Crippen molar-refractivity contribution in [2.45, 2.75) is 98.2 Å². The molecule has 4 nitrogen and oxygen atoms in total. The third kappa shape index (κ3) is 9.70. The first kappa shape index (κ1) is 27.6. The van der Waals surface area contributed by atoms with Crippen molar-refractivity contribution >= 4 is 11.9 Å². The highest BCUT2D eigenvalue weighted by atomic mass is 16.6. The zero-order valence-corrected chi connectivity index (χ0v) is 21.6. The predicted octanol–water partition coefficient (Wildman–Crippen LogP) is 7.58. The molecule has 2 atom stereocenters. The number of hydrogen-bond acceptors (Lipinski definition) is 4. The van der Waals surface area contributed by atoms with Crippen LogP contribution in [0.15, 0.2) is 48.5 Å². The number of ether oxygens (including phenoxy) is 2. The van der Waals surface area contributed by atoms with Crippen molar-refractivity contribution in [1.82, 2.24) is 0 Å². The Balaban J connectivity index is 1.94. The van der Waals surface area contributed by atoms with Crippen molar-refractivity contribution in [2.75, 3.05) is 0 Å². The van der Waals surface area contributed by atoms with Gasteiger partial charge in [-0.3, -0.25) is 0 Å². The van der Waals surface area contributed by atoms with Gasteiger partial charge in [-0.05, 0) is 80.3 Å². The lowest BCUT2D eigenvalue weighted by molar-refractivity contribution is -0.000881. The molecule has 0 radical (unpaired) electrons. The van der Waals surface area contributed by atoms with Gasteiger partial charge in [-0.2, -0.15) is 0 Å². The van der Waals surface area contributed by atoms with Crippen molar-refractivity contribution in [1.29, 1.82) is 0 Å². The van der Waals surface area contributed by atoms with E-state index in [1.807, 2.05) is 55.5 Å². The second-order valence-corrected chi connectivity index (χ2v) is 9.71. The van der Waals surface area contributed by atoms with E-state index in [9.17, 15) is 9.59 Å². The summed E-state index contributed by atoms with van der Waals surface area (Å²) in [6.45, 7) is 10.4. The smallest absolute Gasteiger partial charge is 0.338 e. The van der Waals surface area contributed by atoms with Crippen molar-refractivity contribution in [2.24, 2.45) is 5.92 Å². The molecule has 2 aromatic rings. The Kier molecular flexibility index (Phi) is 11.9. The number of esters is 2. The summed E-state index contributed by atoms with van der Waals surface area (Å²) in [7, 11) is 0. The average molecular weight is 467 g/mol. The molecule has 0 heterocycles. The van der Waals surface area contributed by atoms with Crippen LogP contribution in [0, 0.1) is 5.92 Å². The molecule has 0 aliphatic heterocycles. The summed E-state index contributed by atoms with van der Waals surface area (Å²) in [5.74, 6) is -0.312. The maximum Gasteiger partial charge on any atom is 0.338 e. The molecule has 0 aliphatic rings. The van der Waals surface area contributed by atoms with Crippen molar-refractivity contribution < 1.29 is 19.1 Å². The number of unbranched alkanes of at least 4 members (excludes halogenated alkanes) is 2. The topological polar surface area (TPSA) is 52.6 Å². The lowest BCUT2D eigenvalue weighted by Crippen LogP contribution is -2.27. The predicted molar refractivity (Wildman–Crippen MR) is 138 cm³/mol. The Morgan fingerprint density at radius 3 is 1.53 bits per heavy atom. The van der Waals surface area contributed by atoms with Gasteiger partial charge in [-0.1, -0.05) is 64.8 Å². The van der Waals surface area contributed by atoms with Gasteiger partial charge >= 0.3 is 11.9 Å². The highest BCUT2D eigenvalue weighted by molar-refractivity contribution is 5.90. The molecule has 0 aromatic heterocycles. The van der Waals surface area contributed by atoms with Gasteiger partial charge in [-0.15, -0.1) is 0 Å². The second kappa shape index (κ2) is 14.6. The molecule has 4 heteroatoms. The number of carbonyl (C=O) groups is 2. The lowest BCUT2D eigenvalue weighted by Gasteiger charge is -2.23. The van der Waals surface area contributed by atoms with Crippen LogP contribution in [0.1, 0.15) is 105 Å². The number of carbonyl (C=O) groups excluding carboxylic acids is 2. The number of hydrogen-bond donors (Lipinski definition) is 0. The minimum atomic E-state index is -0.361. The van der Waals surface area contributed by atoms with E-state index in [1.165, 1.54) is 11.1 Å². The van der Waals surface area contributed by atoms with Gasteiger partial charge in [0.1, 0.15) is 12.2 Å². The molecule has 0 N–H and O–H groups in total. The van der Waals surface area contributed by atoms with E-state index in [0.717, 1.165) is 38.5 Å². The first-order chi connectivity index (χ1) is 16.3.